The molecule has 9 heteroatoms. The smallest absolute Gasteiger partial charge is 0.246 e. The number of carbonyl (C=O) groups is 1. The van der Waals surface area contributed by atoms with Crippen LogP contribution in [0, 0.1) is 11.6 Å². The van der Waals surface area contributed by atoms with Gasteiger partial charge in [-0.15, -0.1) is 0 Å². The van der Waals surface area contributed by atoms with Crippen molar-refractivity contribution in [1.29, 1.82) is 0 Å². The van der Waals surface area contributed by atoms with Gasteiger partial charge in [0.15, 0.2) is 17.6 Å². The third kappa shape index (κ3) is 5.87. The molecule has 0 aliphatic carbocycles. The Morgan fingerprint density at radius 3 is 2.93 bits per heavy atom. The molecule has 154 valence electrons. The lowest BCUT2D eigenvalue weighted by Gasteiger charge is -2.19. The summed E-state index contributed by atoms with van der Waals surface area (Å²) in [6, 6.07) is 8.69. The number of anilines is 2. The Balaban J connectivity index is 1.55. The molecule has 7 nitrogen and oxygen atoms in total. The highest BCUT2D eigenvalue weighted by molar-refractivity contribution is 5.94. The van der Waals surface area contributed by atoms with E-state index in [4.69, 9.17) is 0 Å². The molecule has 1 fully saturated rings. The summed E-state index contributed by atoms with van der Waals surface area (Å²) >= 11 is 0. The van der Waals surface area contributed by atoms with E-state index in [0.29, 0.717) is 37.1 Å². The van der Waals surface area contributed by atoms with Crippen molar-refractivity contribution in [3.8, 4) is 0 Å². The van der Waals surface area contributed by atoms with Gasteiger partial charge in [0, 0.05) is 37.6 Å². The molecule has 3 N–H and O–H groups in total. The first kappa shape index (κ1) is 20.5. The Kier molecular flexibility index (Phi) is 6.94. The van der Waals surface area contributed by atoms with Gasteiger partial charge in [-0.25, -0.2) is 18.8 Å². The van der Waals surface area contributed by atoms with Gasteiger partial charge in [0.2, 0.25) is 5.91 Å². The van der Waals surface area contributed by atoms with Crippen molar-refractivity contribution < 1.29 is 13.6 Å². The summed E-state index contributed by atoms with van der Waals surface area (Å²) in [5, 5.41) is 8.97. The van der Waals surface area contributed by atoms with E-state index in [1.165, 1.54) is 24.3 Å². The first-order valence-electron chi connectivity index (χ1n) is 9.51. The van der Waals surface area contributed by atoms with Crippen molar-refractivity contribution in [3.63, 3.8) is 0 Å². The van der Waals surface area contributed by atoms with E-state index in [1.807, 2.05) is 11.8 Å². The van der Waals surface area contributed by atoms with Crippen LogP contribution in [0.1, 0.15) is 13.3 Å². The molecule has 0 saturated carbocycles. The van der Waals surface area contributed by atoms with Crippen LogP contribution in [0.15, 0.2) is 47.6 Å². The fourth-order valence-corrected chi connectivity index (χ4v) is 3.11. The Morgan fingerprint density at radius 2 is 2.17 bits per heavy atom. The molecular weight excluding hydrogens is 378 g/mol. The van der Waals surface area contributed by atoms with Crippen molar-refractivity contribution in [3.05, 3.63) is 54.2 Å². The van der Waals surface area contributed by atoms with Crippen LogP contribution in [0.25, 0.3) is 0 Å². The standard InChI is InChI=1S/C20H24F2N6O/c1-2-23-20(25-12-18(29)26-15-6-3-5-14(21)11-15)27-16-8-10-28(13-16)19-17(22)7-4-9-24-19/h3-7,9,11,16H,2,8,10,12-13H2,1H3,(H,26,29)(H2,23,25,27). The second-order valence-electron chi connectivity index (χ2n) is 6.64. The molecule has 1 atom stereocenters. The fraction of sp³-hybridized carbons (Fsp3) is 0.350. The maximum absolute atomic E-state index is 13.9. The highest BCUT2D eigenvalue weighted by atomic mass is 19.1. The molecule has 1 aromatic heterocycles. The van der Waals surface area contributed by atoms with E-state index in [2.05, 4.69) is 25.9 Å². The van der Waals surface area contributed by atoms with Crippen LogP contribution in [-0.4, -0.2) is 49.1 Å². The molecule has 3 rings (SSSR count). The third-order valence-corrected chi connectivity index (χ3v) is 4.40. The average molecular weight is 402 g/mol. The van der Waals surface area contributed by atoms with E-state index >= 15 is 0 Å². The number of amides is 1. The van der Waals surface area contributed by atoms with Gasteiger partial charge in [-0.2, -0.15) is 0 Å². The SMILES string of the molecule is CCNC(=NCC(=O)Nc1cccc(F)c1)NC1CCN(c2ncccc2F)C1. The summed E-state index contributed by atoms with van der Waals surface area (Å²) < 4.78 is 27.1. The van der Waals surface area contributed by atoms with E-state index in [-0.39, 0.29) is 24.3 Å². The summed E-state index contributed by atoms with van der Waals surface area (Å²) in [7, 11) is 0. The Morgan fingerprint density at radius 1 is 1.31 bits per heavy atom. The van der Waals surface area contributed by atoms with Crippen molar-refractivity contribution >= 4 is 23.4 Å². The number of aliphatic imine (C=N–C) groups is 1. The van der Waals surface area contributed by atoms with Gasteiger partial charge in [0.25, 0.3) is 0 Å². The molecule has 29 heavy (non-hydrogen) atoms. The van der Waals surface area contributed by atoms with Crippen molar-refractivity contribution in [2.24, 2.45) is 4.99 Å². The molecule has 1 unspecified atom stereocenters. The number of hydrogen-bond acceptors (Lipinski definition) is 4. The molecule has 1 aromatic carbocycles. The lowest BCUT2D eigenvalue weighted by Crippen LogP contribution is -2.45. The quantitative estimate of drug-likeness (QED) is 0.510. The summed E-state index contributed by atoms with van der Waals surface area (Å²) in [5.74, 6) is -0.279. The van der Waals surface area contributed by atoms with Gasteiger partial charge in [-0.05, 0) is 43.7 Å². The van der Waals surface area contributed by atoms with Crippen LogP contribution in [0.5, 0.6) is 0 Å². The molecular formula is C20H24F2N6O. The van der Waals surface area contributed by atoms with Gasteiger partial charge >= 0.3 is 0 Å². The van der Waals surface area contributed by atoms with Crippen LogP contribution < -0.4 is 20.9 Å². The predicted octanol–water partition coefficient (Wildman–Crippen LogP) is 2.13. The minimum atomic E-state index is -0.420. The summed E-state index contributed by atoms with van der Waals surface area (Å²) in [6.07, 6.45) is 2.36. The maximum atomic E-state index is 13.9. The number of nitrogens with one attached hydrogen (secondary N) is 3. The average Bonchev–Trinajstić information content (AvgIpc) is 3.15. The highest BCUT2D eigenvalue weighted by Gasteiger charge is 2.26. The van der Waals surface area contributed by atoms with Gasteiger partial charge in [-0.1, -0.05) is 6.07 Å². The van der Waals surface area contributed by atoms with E-state index in [0.717, 1.165) is 6.42 Å². The van der Waals surface area contributed by atoms with Crippen LogP contribution in [-0.2, 0) is 4.79 Å². The summed E-state index contributed by atoms with van der Waals surface area (Å²) in [6.45, 7) is 3.69. The fourth-order valence-electron chi connectivity index (χ4n) is 3.11. The Bertz CT molecular complexity index is 876. The zero-order valence-corrected chi connectivity index (χ0v) is 16.2. The number of nitrogens with zero attached hydrogens (tertiary/aromatic N) is 3. The number of guanidine groups is 1. The lowest BCUT2D eigenvalue weighted by atomic mass is 10.3. The Hall–Kier alpha value is -3.23. The molecule has 0 radical (unpaired) electrons. The normalized spacial score (nSPS) is 16.6. The molecule has 0 bridgehead atoms. The third-order valence-electron chi connectivity index (χ3n) is 4.40. The molecule has 1 aliphatic heterocycles. The van der Waals surface area contributed by atoms with Gasteiger partial charge in [0.05, 0.1) is 0 Å². The minimum Gasteiger partial charge on any atom is -0.357 e. The number of pyridine rings is 1. The van der Waals surface area contributed by atoms with Gasteiger partial charge in [0.1, 0.15) is 12.4 Å². The monoisotopic (exact) mass is 402 g/mol. The predicted molar refractivity (Wildman–Crippen MR) is 109 cm³/mol. The summed E-state index contributed by atoms with van der Waals surface area (Å²) in [5.41, 5.74) is 0.381. The molecule has 2 heterocycles. The van der Waals surface area contributed by atoms with Crippen LogP contribution >= 0.6 is 0 Å². The number of hydrogen-bond donors (Lipinski definition) is 3. The van der Waals surface area contributed by atoms with Crippen LogP contribution in [0.4, 0.5) is 20.3 Å². The molecule has 1 aliphatic rings. The first-order chi connectivity index (χ1) is 14.0. The highest BCUT2D eigenvalue weighted by Crippen LogP contribution is 2.20. The van der Waals surface area contributed by atoms with E-state index < -0.39 is 5.82 Å². The molecule has 2 aromatic rings. The largest absolute Gasteiger partial charge is 0.357 e. The zero-order valence-electron chi connectivity index (χ0n) is 16.2. The van der Waals surface area contributed by atoms with Crippen molar-refractivity contribution in [2.75, 3.05) is 36.4 Å². The minimum absolute atomic E-state index is 0.0421. The van der Waals surface area contributed by atoms with Gasteiger partial charge < -0.3 is 20.9 Å². The number of halogens is 2. The molecule has 1 amide bonds. The first-order valence-corrected chi connectivity index (χ1v) is 9.51. The number of rotatable bonds is 6. The molecule has 0 spiro atoms. The molecule has 1 saturated heterocycles. The maximum Gasteiger partial charge on any atom is 0.246 e. The second-order valence-corrected chi connectivity index (χ2v) is 6.64. The van der Waals surface area contributed by atoms with Crippen molar-refractivity contribution in [2.45, 2.75) is 19.4 Å². The number of aromatic nitrogens is 1. The topological polar surface area (TPSA) is 81.6 Å². The van der Waals surface area contributed by atoms with Crippen LogP contribution in [0.3, 0.4) is 0 Å². The van der Waals surface area contributed by atoms with E-state index in [9.17, 15) is 13.6 Å². The van der Waals surface area contributed by atoms with E-state index in [1.54, 1.807) is 18.3 Å². The Labute approximate surface area is 168 Å². The zero-order chi connectivity index (χ0) is 20.6. The van der Waals surface area contributed by atoms with Crippen molar-refractivity contribution in [1.82, 2.24) is 15.6 Å². The second kappa shape index (κ2) is 9.81. The van der Waals surface area contributed by atoms with Crippen LogP contribution in [0.2, 0.25) is 0 Å². The summed E-state index contributed by atoms with van der Waals surface area (Å²) in [4.78, 5) is 22.4. The lowest BCUT2D eigenvalue weighted by molar-refractivity contribution is -0.114. The number of carbonyl (C=O) groups excluding carboxylic acids is 1. The van der Waals surface area contributed by atoms with Gasteiger partial charge in [-0.3, -0.25) is 4.79 Å². The number of benzene rings is 1.